The van der Waals surface area contributed by atoms with E-state index < -0.39 is 14.0 Å². The maximum Gasteiger partial charge on any atom is 0.336 e. The van der Waals surface area contributed by atoms with Gasteiger partial charge in [-0.25, -0.2) is 19.3 Å². The van der Waals surface area contributed by atoms with Gasteiger partial charge in [0, 0.05) is 93.6 Å². The number of aromatic carboxylic acids is 1. The van der Waals surface area contributed by atoms with Gasteiger partial charge in [-0.15, -0.1) is 0 Å². The van der Waals surface area contributed by atoms with Crippen molar-refractivity contribution in [1.29, 1.82) is 0 Å². The zero-order valence-electron chi connectivity index (χ0n) is 43.3. The van der Waals surface area contributed by atoms with Gasteiger partial charge >= 0.3 is 5.97 Å². The number of anilines is 2. The minimum atomic E-state index is -2.40. The Morgan fingerprint density at radius 1 is 0.824 bits per heavy atom. The molecule has 15 heteroatoms. The van der Waals surface area contributed by atoms with Gasteiger partial charge in [-0.05, 0) is 149 Å². The standard InChI is InChI=1S/C59H65N9O4SSi/c1-65(2)41-16-21-47-53(37-41)74(6,54-38-42(66(3)4)17-22-48(54)56(47)45-11-7-8-12-46(45)59(70)71)34-33-73-32-25-55(69)60-26-9-10-31-72-44-19-13-39(14-20-44)57-61-49-23-15-40(35-51(49)63-57)58-62-50-24-18-43(36-52(50)64-58)68-29-27-67(5)28-30-68/h7-8,11-24,35-38H,9-10,25-34H2,1-6H3,(H3-,60,61,62,63,64,69,70,71)/p+1. The minimum absolute atomic E-state index is 0.0695. The van der Waals surface area contributed by atoms with Crippen LogP contribution in [0.25, 0.3) is 50.4 Å². The van der Waals surface area contributed by atoms with E-state index in [1.165, 1.54) is 16.1 Å². The number of nitrogens with one attached hydrogen (secondary N) is 3. The van der Waals surface area contributed by atoms with Crippen molar-refractivity contribution in [2.24, 2.45) is 0 Å². The van der Waals surface area contributed by atoms with Crippen molar-refractivity contribution in [2.75, 3.05) is 95.9 Å². The number of nitrogens with zero attached hydrogens (tertiary/aromatic N) is 6. The minimum Gasteiger partial charge on any atom is -0.494 e. The molecule has 0 bridgehead atoms. The highest BCUT2D eigenvalue weighted by Gasteiger charge is 2.44. The maximum atomic E-state index is 13.0. The first-order chi connectivity index (χ1) is 35.8. The molecule has 10 rings (SSSR count). The van der Waals surface area contributed by atoms with Gasteiger partial charge in [0.15, 0.2) is 5.71 Å². The van der Waals surface area contributed by atoms with Gasteiger partial charge in [0.25, 0.3) is 0 Å². The molecule has 0 saturated carbocycles. The van der Waals surface area contributed by atoms with Crippen molar-refractivity contribution < 1.29 is 24.0 Å². The molecule has 2 aliphatic heterocycles. The molecule has 2 aromatic heterocycles. The number of carboxylic acid groups (broad SMARTS) is 1. The second-order valence-electron chi connectivity index (χ2n) is 20.2. The monoisotopic (exact) mass is 1020 g/mol. The molecule has 1 unspecified atom stereocenters. The summed E-state index contributed by atoms with van der Waals surface area (Å²) >= 11 is 1.83. The van der Waals surface area contributed by atoms with Crippen molar-refractivity contribution >= 4 is 81.6 Å². The number of ether oxygens (including phenoxy) is 1. The van der Waals surface area contributed by atoms with Crippen molar-refractivity contribution in [3.05, 3.63) is 149 Å². The number of imidazole rings is 2. The van der Waals surface area contributed by atoms with E-state index in [0.29, 0.717) is 25.1 Å². The average Bonchev–Trinajstić information content (AvgIpc) is 4.05. The third-order valence-corrected chi connectivity index (χ3v) is 20.6. The lowest BCUT2D eigenvalue weighted by atomic mass is 9.87. The summed E-state index contributed by atoms with van der Waals surface area (Å²) in [5.41, 5.74) is 13.5. The summed E-state index contributed by atoms with van der Waals surface area (Å²) in [6.07, 6.45) is 8.78. The second kappa shape index (κ2) is 21.7. The summed E-state index contributed by atoms with van der Waals surface area (Å²) in [6, 6.07) is 35.7. The topological polar surface area (TPSA) is 146 Å². The largest absolute Gasteiger partial charge is 0.494 e. The number of thioether (sulfide) groups is 1. The first-order valence-corrected chi connectivity index (χ1v) is 29.5. The second-order valence-corrected chi connectivity index (χ2v) is 25.7. The number of hydrogen-bond donors (Lipinski definition) is 4. The third-order valence-electron chi connectivity index (χ3n) is 14.8. The Morgan fingerprint density at radius 3 is 2.28 bits per heavy atom. The molecule has 13 nitrogen and oxygen atoms in total. The lowest BCUT2D eigenvalue weighted by Crippen LogP contribution is -2.52. The van der Waals surface area contributed by atoms with Crippen LogP contribution in [0.15, 0.2) is 132 Å². The van der Waals surface area contributed by atoms with Crippen LogP contribution in [-0.4, -0.2) is 146 Å². The smallest absolute Gasteiger partial charge is 0.336 e. The summed E-state index contributed by atoms with van der Waals surface area (Å²) in [7, 11) is 8.03. The molecular weight excluding hydrogens is 959 g/mol. The number of fused-ring (bicyclic) bond motifs is 4. The number of rotatable bonds is 18. The van der Waals surface area contributed by atoms with Crippen LogP contribution in [-0.2, 0) is 4.79 Å². The number of unbranched alkanes of at least 4 members (excludes halogenated alkanes) is 1. The van der Waals surface area contributed by atoms with Gasteiger partial charge in [-0.3, -0.25) is 4.79 Å². The van der Waals surface area contributed by atoms with Gasteiger partial charge in [0.05, 0.1) is 34.2 Å². The highest BCUT2D eigenvalue weighted by atomic mass is 32.2. The van der Waals surface area contributed by atoms with E-state index in [-0.39, 0.29) is 5.91 Å². The van der Waals surface area contributed by atoms with Crippen molar-refractivity contribution in [1.82, 2.24) is 30.2 Å². The zero-order valence-corrected chi connectivity index (χ0v) is 45.1. The number of aromatic nitrogens is 4. The van der Waals surface area contributed by atoms with E-state index in [2.05, 4.69) is 143 Å². The molecule has 4 N–H and O–H groups in total. The predicted octanol–water partition coefficient (Wildman–Crippen LogP) is 9.24. The maximum absolute atomic E-state index is 13.0. The first kappa shape index (κ1) is 50.3. The number of carbonyl (C=O) groups excluding carboxylic acids is 1. The highest BCUT2D eigenvalue weighted by Crippen LogP contribution is 2.44. The molecule has 1 aliphatic carbocycles. The Bertz CT molecular complexity index is 3380. The van der Waals surface area contributed by atoms with E-state index in [4.69, 9.17) is 14.7 Å². The summed E-state index contributed by atoms with van der Waals surface area (Å²) in [4.78, 5) is 49.3. The number of amides is 1. The van der Waals surface area contributed by atoms with Crippen LogP contribution in [0.4, 0.5) is 11.4 Å². The molecule has 5 aromatic carbocycles. The Kier molecular flexibility index (Phi) is 14.8. The van der Waals surface area contributed by atoms with Crippen molar-refractivity contribution in [2.45, 2.75) is 31.9 Å². The molecule has 74 heavy (non-hydrogen) atoms. The fourth-order valence-electron chi connectivity index (χ4n) is 10.4. The normalized spacial score (nSPS) is 16.6. The summed E-state index contributed by atoms with van der Waals surface area (Å²) in [5.74, 6) is 3.21. The molecule has 380 valence electrons. The molecule has 1 saturated heterocycles. The van der Waals surface area contributed by atoms with Crippen molar-refractivity contribution in [3.8, 4) is 28.5 Å². The van der Waals surface area contributed by atoms with Crippen LogP contribution in [0.3, 0.4) is 0 Å². The quantitative estimate of drug-likeness (QED) is 0.0373. The summed E-state index contributed by atoms with van der Waals surface area (Å²) in [5, 5.41) is 16.1. The number of aromatic amines is 2. The van der Waals surface area contributed by atoms with E-state index >= 15 is 0 Å². The number of carbonyl (C=O) groups is 2. The van der Waals surface area contributed by atoms with Gasteiger partial charge in [0.1, 0.15) is 39.6 Å². The Morgan fingerprint density at radius 2 is 1.54 bits per heavy atom. The number of benzene rings is 5. The van der Waals surface area contributed by atoms with Crippen LogP contribution in [0.2, 0.25) is 12.6 Å². The number of H-pyrrole nitrogens is 2. The molecule has 4 heterocycles. The SMILES string of the molecule is CN1CCN(c2ccc3nc(-c4ccc5nc(-c6ccc(OCCCCNC(=O)CCSCC[Si]7(C)C8=CC(=[N+](C)C)C=CC8=C(c8ccccc8C(=O)O)c8ccc(N(C)C)cc87)cc6)[nH]c5c4)[nH]c3c2)CC1. The Balaban J connectivity index is 0.690. The van der Waals surface area contributed by atoms with E-state index in [1.54, 1.807) is 12.1 Å². The molecule has 1 atom stereocenters. The van der Waals surface area contributed by atoms with E-state index in [0.717, 1.165) is 141 Å². The number of hydrogen-bond acceptors (Lipinski definition) is 9. The molecule has 0 spiro atoms. The third kappa shape index (κ3) is 10.6. The summed E-state index contributed by atoms with van der Waals surface area (Å²) in [6.45, 7) is 7.81. The van der Waals surface area contributed by atoms with E-state index in [1.807, 2.05) is 54.2 Å². The molecule has 7 aromatic rings. The lowest BCUT2D eigenvalue weighted by molar-refractivity contribution is -0.462. The Labute approximate surface area is 438 Å². The highest BCUT2D eigenvalue weighted by molar-refractivity contribution is 7.99. The van der Waals surface area contributed by atoms with Gasteiger partial charge in [0.2, 0.25) is 5.91 Å². The number of likely N-dealkylation sites (N-methyl/N-ethyl adjacent to an activating group) is 1. The molecule has 3 aliphatic rings. The van der Waals surface area contributed by atoms with Crippen LogP contribution < -0.4 is 25.0 Å². The fourth-order valence-corrected chi connectivity index (χ4v) is 16.5. The van der Waals surface area contributed by atoms with Crippen LogP contribution in [0.5, 0.6) is 5.75 Å². The van der Waals surface area contributed by atoms with Gasteiger partial charge in [-0.1, -0.05) is 30.8 Å². The molecular formula is C59H66N9O4SSi+. The predicted molar refractivity (Wildman–Crippen MR) is 307 cm³/mol. The Hall–Kier alpha value is -7.20. The molecule has 1 amide bonds. The van der Waals surface area contributed by atoms with Crippen LogP contribution in [0, 0.1) is 0 Å². The van der Waals surface area contributed by atoms with E-state index in [9.17, 15) is 14.7 Å². The molecule has 1 fully saturated rings. The van der Waals surface area contributed by atoms with Crippen LogP contribution in [0.1, 0.15) is 40.7 Å². The first-order valence-electron chi connectivity index (χ1n) is 25.7. The summed E-state index contributed by atoms with van der Waals surface area (Å²) < 4.78 is 8.22. The van der Waals surface area contributed by atoms with Gasteiger partial charge in [-0.2, -0.15) is 11.8 Å². The number of allylic oxidation sites excluding steroid dienone is 5. The molecule has 0 radical (unpaired) electrons. The number of piperazine rings is 1. The zero-order chi connectivity index (χ0) is 51.5. The van der Waals surface area contributed by atoms with Crippen molar-refractivity contribution in [3.63, 3.8) is 0 Å². The lowest BCUT2D eigenvalue weighted by Gasteiger charge is -2.40. The van der Waals surface area contributed by atoms with Gasteiger partial charge < -0.3 is 39.8 Å². The number of carboxylic acids is 1. The average molecular weight is 1030 g/mol. The fraction of sp³-hybridized carbons (Fsp3) is 0.305. The van der Waals surface area contributed by atoms with Crippen LogP contribution >= 0.6 is 11.8 Å².